The summed E-state index contributed by atoms with van der Waals surface area (Å²) in [5, 5.41) is 2.84. The van der Waals surface area contributed by atoms with E-state index < -0.39 is 0 Å². The van der Waals surface area contributed by atoms with Crippen LogP contribution in [0.3, 0.4) is 0 Å². The van der Waals surface area contributed by atoms with Crippen molar-refractivity contribution in [1.29, 1.82) is 0 Å². The van der Waals surface area contributed by atoms with Crippen molar-refractivity contribution in [3.05, 3.63) is 34.3 Å². The number of benzene rings is 1. The van der Waals surface area contributed by atoms with E-state index in [-0.39, 0.29) is 36.7 Å². The zero-order chi connectivity index (χ0) is 15.0. The molecular formula is C14H20BrClN2O3. The van der Waals surface area contributed by atoms with Crippen LogP contribution < -0.4 is 11.1 Å². The summed E-state index contributed by atoms with van der Waals surface area (Å²) in [5.74, 6) is -0.482. The number of methoxy groups -OCH3 is 1. The molecule has 0 aliphatic rings. The van der Waals surface area contributed by atoms with Crippen molar-refractivity contribution in [2.45, 2.75) is 25.3 Å². The molecule has 3 N–H and O–H groups in total. The summed E-state index contributed by atoms with van der Waals surface area (Å²) in [5.41, 5.74) is 6.24. The Balaban J connectivity index is 0.00000400. The smallest absolute Gasteiger partial charge is 0.307 e. The van der Waals surface area contributed by atoms with Crippen LogP contribution in [0.5, 0.6) is 0 Å². The molecule has 7 heteroatoms. The molecule has 5 nitrogen and oxygen atoms in total. The quantitative estimate of drug-likeness (QED) is 0.712. The molecule has 0 fully saturated rings. The first-order chi connectivity index (χ1) is 9.56. The molecule has 1 aromatic rings. The van der Waals surface area contributed by atoms with Crippen molar-refractivity contribution in [3.63, 3.8) is 0 Å². The Bertz CT molecular complexity index is 454. The maximum atomic E-state index is 11.8. The van der Waals surface area contributed by atoms with Crippen LogP contribution in [0, 0.1) is 0 Å². The van der Waals surface area contributed by atoms with Crippen LogP contribution in [0.4, 0.5) is 0 Å². The molecule has 1 atom stereocenters. The lowest BCUT2D eigenvalue weighted by molar-refractivity contribution is -0.141. The molecule has 118 valence electrons. The summed E-state index contributed by atoms with van der Waals surface area (Å²) >= 11 is 3.35. The average molecular weight is 380 g/mol. The number of carbonyl (C=O) groups excluding carboxylic acids is 2. The third-order valence-electron chi connectivity index (χ3n) is 2.81. The molecule has 0 heterocycles. The molecule has 0 radical (unpaired) electrons. The highest BCUT2D eigenvalue weighted by molar-refractivity contribution is 9.10. The van der Waals surface area contributed by atoms with Gasteiger partial charge in [0.05, 0.1) is 19.6 Å². The Morgan fingerprint density at radius 3 is 2.48 bits per heavy atom. The minimum absolute atomic E-state index is 0. The summed E-state index contributed by atoms with van der Waals surface area (Å²) in [6.07, 6.45) is 1.08. The lowest BCUT2D eigenvalue weighted by Gasteiger charge is -2.18. The zero-order valence-electron chi connectivity index (χ0n) is 11.8. The number of nitrogens with two attached hydrogens (primary N) is 1. The van der Waals surface area contributed by atoms with Gasteiger partial charge in [-0.3, -0.25) is 9.59 Å². The third-order valence-corrected chi connectivity index (χ3v) is 3.34. The molecule has 0 saturated heterocycles. The SMILES string of the molecule is COC(=O)CC(NC(=O)CCCN)c1ccc(Br)cc1.Cl. The first kappa shape index (κ1) is 19.9. The highest BCUT2D eigenvalue weighted by atomic mass is 79.9. The zero-order valence-corrected chi connectivity index (χ0v) is 14.2. The number of rotatable bonds is 7. The van der Waals surface area contributed by atoms with Crippen LogP contribution in [0.2, 0.25) is 0 Å². The fourth-order valence-corrected chi connectivity index (χ4v) is 1.99. The summed E-state index contributed by atoms with van der Waals surface area (Å²) in [6.45, 7) is 0.466. The number of nitrogens with one attached hydrogen (secondary N) is 1. The summed E-state index contributed by atoms with van der Waals surface area (Å²) in [7, 11) is 1.33. The van der Waals surface area contributed by atoms with Crippen molar-refractivity contribution >= 4 is 40.2 Å². The molecule has 1 unspecified atom stereocenters. The topological polar surface area (TPSA) is 81.4 Å². The van der Waals surface area contributed by atoms with Crippen LogP contribution in [0.25, 0.3) is 0 Å². The second-order valence-electron chi connectivity index (χ2n) is 4.34. The van der Waals surface area contributed by atoms with E-state index in [0.717, 1.165) is 10.0 Å². The van der Waals surface area contributed by atoms with Gasteiger partial charge in [-0.2, -0.15) is 0 Å². The number of hydrogen-bond donors (Lipinski definition) is 2. The molecule has 0 aromatic heterocycles. The third kappa shape index (κ3) is 7.45. The second-order valence-corrected chi connectivity index (χ2v) is 5.26. The lowest BCUT2D eigenvalue weighted by atomic mass is 10.0. The summed E-state index contributed by atoms with van der Waals surface area (Å²) < 4.78 is 5.61. The van der Waals surface area contributed by atoms with E-state index in [1.54, 1.807) is 0 Å². The van der Waals surface area contributed by atoms with Crippen LogP contribution >= 0.6 is 28.3 Å². The van der Waals surface area contributed by atoms with E-state index >= 15 is 0 Å². The van der Waals surface area contributed by atoms with E-state index in [0.29, 0.717) is 19.4 Å². The molecule has 0 saturated carbocycles. The van der Waals surface area contributed by atoms with Crippen LogP contribution in [-0.4, -0.2) is 25.5 Å². The Morgan fingerprint density at radius 1 is 1.33 bits per heavy atom. The van der Waals surface area contributed by atoms with Gasteiger partial charge in [-0.05, 0) is 30.7 Å². The fraction of sp³-hybridized carbons (Fsp3) is 0.429. The van der Waals surface area contributed by atoms with E-state index in [9.17, 15) is 9.59 Å². The second kappa shape index (κ2) is 10.6. The van der Waals surface area contributed by atoms with Gasteiger partial charge in [-0.15, -0.1) is 12.4 Å². The molecule has 0 spiro atoms. The Kier molecular flexibility index (Phi) is 10.0. The van der Waals surface area contributed by atoms with E-state index in [4.69, 9.17) is 5.73 Å². The number of ether oxygens (including phenoxy) is 1. The standard InChI is InChI=1S/C14H19BrN2O3.ClH/c1-20-14(19)9-12(17-13(18)3-2-8-16)10-4-6-11(15)7-5-10;/h4-7,12H,2-3,8-9,16H2,1H3,(H,17,18);1H. The van der Waals surface area contributed by atoms with Crippen molar-refractivity contribution in [2.24, 2.45) is 5.73 Å². The highest BCUT2D eigenvalue weighted by Gasteiger charge is 2.18. The molecule has 1 amide bonds. The van der Waals surface area contributed by atoms with Gasteiger partial charge in [-0.1, -0.05) is 28.1 Å². The van der Waals surface area contributed by atoms with Crippen molar-refractivity contribution in [1.82, 2.24) is 5.32 Å². The largest absolute Gasteiger partial charge is 0.469 e. The monoisotopic (exact) mass is 378 g/mol. The summed E-state index contributed by atoms with van der Waals surface area (Å²) in [6, 6.07) is 7.07. The van der Waals surface area contributed by atoms with E-state index in [1.807, 2.05) is 24.3 Å². The predicted molar refractivity (Wildman–Crippen MR) is 87.2 cm³/mol. The number of esters is 1. The van der Waals surface area contributed by atoms with Crippen molar-refractivity contribution < 1.29 is 14.3 Å². The minimum atomic E-state index is -0.388. The normalized spacial score (nSPS) is 11.2. The average Bonchev–Trinajstić information content (AvgIpc) is 2.45. The van der Waals surface area contributed by atoms with Gasteiger partial charge in [0.1, 0.15) is 0 Å². The van der Waals surface area contributed by atoms with Crippen LogP contribution in [0.15, 0.2) is 28.7 Å². The summed E-state index contributed by atoms with van der Waals surface area (Å²) in [4.78, 5) is 23.2. The van der Waals surface area contributed by atoms with Gasteiger partial charge in [0.25, 0.3) is 0 Å². The van der Waals surface area contributed by atoms with Crippen molar-refractivity contribution in [3.8, 4) is 0 Å². The number of hydrogen-bond acceptors (Lipinski definition) is 4. The van der Waals surface area contributed by atoms with Gasteiger partial charge < -0.3 is 15.8 Å². The molecule has 1 rings (SSSR count). The van der Waals surface area contributed by atoms with Crippen LogP contribution in [-0.2, 0) is 14.3 Å². The molecule has 0 bridgehead atoms. The fourth-order valence-electron chi connectivity index (χ4n) is 1.73. The van der Waals surface area contributed by atoms with Gasteiger partial charge in [0, 0.05) is 10.9 Å². The maximum Gasteiger partial charge on any atom is 0.307 e. The molecule has 1 aromatic carbocycles. The Labute approximate surface area is 139 Å². The molecule has 21 heavy (non-hydrogen) atoms. The Morgan fingerprint density at radius 2 is 1.95 bits per heavy atom. The van der Waals surface area contributed by atoms with E-state index in [1.165, 1.54) is 7.11 Å². The first-order valence-corrected chi connectivity index (χ1v) is 7.17. The van der Waals surface area contributed by atoms with E-state index in [2.05, 4.69) is 26.0 Å². The lowest BCUT2D eigenvalue weighted by Crippen LogP contribution is -2.30. The minimum Gasteiger partial charge on any atom is -0.469 e. The van der Waals surface area contributed by atoms with Gasteiger partial charge in [0.2, 0.25) is 5.91 Å². The maximum absolute atomic E-state index is 11.8. The van der Waals surface area contributed by atoms with Gasteiger partial charge >= 0.3 is 5.97 Å². The Hall–Kier alpha value is -1.11. The molecule has 0 aliphatic heterocycles. The number of amides is 1. The number of carbonyl (C=O) groups is 2. The molecule has 0 aliphatic carbocycles. The number of halogens is 2. The predicted octanol–water partition coefficient (Wildman–Crippen LogP) is 2.33. The first-order valence-electron chi connectivity index (χ1n) is 6.38. The molecular weight excluding hydrogens is 360 g/mol. The van der Waals surface area contributed by atoms with Crippen LogP contribution in [0.1, 0.15) is 30.9 Å². The van der Waals surface area contributed by atoms with Gasteiger partial charge in [-0.25, -0.2) is 0 Å². The van der Waals surface area contributed by atoms with Crippen molar-refractivity contribution in [2.75, 3.05) is 13.7 Å². The van der Waals surface area contributed by atoms with Gasteiger partial charge in [0.15, 0.2) is 0 Å². The highest BCUT2D eigenvalue weighted by Crippen LogP contribution is 2.20.